The zero-order chi connectivity index (χ0) is 13.8. The number of hydrogen-bond donors (Lipinski definition) is 0. The molecule has 2 aromatic rings. The molecule has 0 amide bonds. The summed E-state index contributed by atoms with van der Waals surface area (Å²) < 4.78 is 28.2. The summed E-state index contributed by atoms with van der Waals surface area (Å²) in [5.41, 5.74) is 0.776. The van der Waals surface area contributed by atoms with Crippen molar-refractivity contribution in [1.82, 2.24) is 3.97 Å². The SMILES string of the molecule is O=C(OCc1ccccc1)c1c(Br)ccn1S(=O)[O-]. The Bertz CT molecular complexity index is 611. The van der Waals surface area contributed by atoms with E-state index in [0.29, 0.717) is 4.47 Å². The number of hydrogen-bond acceptors (Lipinski definition) is 4. The molecule has 0 radical (unpaired) electrons. The molecule has 7 heteroatoms. The van der Waals surface area contributed by atoms with Gasteiger partial charge < -0.3 is 9.29 Å². The van der Waals surface area contributed by atoms with Crippen LogP contribution in [0.3, 0.4) is 0 Å². The van der Waals surface area contributed by atoms with Crippen LogP contribution in [-0.2, 0) is 22.6 Å². The number of carbonyl (C=O) groups excluding carboxylic acids is 1. The van der Waals surface area contributed by atoms with E-state index in [4.69, 9.17) is 4.74 Å². The van der Waals surface area contributed by atoms with Crippen LogP contribution in [0.2, 0.25) is 0 Å². The number of nitrogens with zero attached hydrogens (tertiary/aromatic N) is 1. The average Bonchev–Trinajstić information content (AvgIpc) is 2.79. The number of rotatable bonds is 4. The van der Waals surface area contributed by atoms with Gasteiger partial charge in [0.1, 0.15) is 6.61 Å². The zero-order valence-corrected chi connectivity index (χ0v) is 12.0. The summed E-state index contributed by atoms with van der Waals surface area (Å²) in [6, 6.07) is 10.6. The van der Waals surface area contributed by atoms with Gasteiger partial charge in [0.05, 0.1) is 15.7 Å². The van der Waals surface area contributed by atoms with Crippen molar-refractivity contribution in [2.24, 2.45) is 0 Å². The maximum atomic E-state index is 11.9. The average molecular weight is 343 g/mol. The van der Waals surface area contributed by atoms with E-state index < -0.39 is 17.2 Å². The Morgan fingerprint density at radius 1 is 1.32 bits per heavy atom. The van der Waals surface area contributed by atoms with Gasteiger partial charge in [0, 0.05) is 6.20 Å². The van der Waals surface area contributed by atoms with Gasteiger partial charge in [-0.25, -0.2) is 4.79 Å². The second-order valence-electron chi connectivity index (χ2n) is 3.62. The van der Waals surface area contributed by atoms with Gasteiger partial charge in [-0.1, -0.05) is 30.3 Å². The second kappa shape index (κ2) is 6.14. The van der Waals surface area contributed by atoms with E-state index in [1.165, 1.54) is 12.3 Å². The Kier molecular flexibility index (Phi) is 4.52. The third-order valence-corrected chi connectivity index (χ3v) is 3.63. The fourth-order valence-corrected chi connectivity index (χ4v) is 2.57. The van der Waals surface area contributed by atoms with Crippen molar-refractivity contribution in [3.05, 3.63) is 58.3 Å². The van der Waals surface area contributed by atoms with E-state index in [1.54, 1.807) is 0 Å². The maximum absolute atomic E-state index is 11.9. The lowest BCUT2D eigenvalue weighted by atomic mass is 10.2. The summed E-state index contributed by atoms with van der Waals surface area (Å²) in [4.78, 5) is 11.9. The molecule has 19 heavy (non-hydrogen) atoms. The number of halogens is 1. The predicted octanol–water partition coefficient (Wildman–Crippen LogP) is 2.25. The Morgan fingerprint density at radius 2 is 2.00 bits per heavy atom. The van der Waals surface area contributed by atoms with Gasteiger partial charge >= 0.3 is 5.97 Å². The van der Waals surface area contributed by atoms with E-state index in [1.807, 2.05) is 30.3 Å². The lowest BCUT2D eigenvalue weighted by Gasteiger charge is -2.11. The first-order chi connectivity index (χ1) is 9.09. The largest absolute Gasteiger partial charge is 0.755 e. The van der Waals surface area contributed by atoms with Crippen molar-refractivity contribution in [2.75, 3.05) is 0 Å². The monoisotopic (exact) mass is 342 g/mol. The highest BCUT2D eigenvalue weighted by molar-refractivity contribution is 9.10. The van der Waals surface area contributed by atoms with Crippen molar-refractivity contribution < 1.29 is 18.3 Å². The molecule has 0 aliphatic rings. The maximum Gasteiger partial charge on any atom is 0.357 e. The van der Waals surface area contributed by atoms with Crippen LogP contribution in [0.15, 0.2) is 47.1 Å². The van der Waals surface area contributed by atoms with Gasteiger partial charge in [-0.2, -0.15) is 0 Å². The molecule has 1 heterocycles. The summed E-state index contributed by atoms with van der Waals surface area (Å²) in [7, 11) is 0. The van der Waals surface area contributed by atoms with E-state index in [0.717, 1.165) is 9.54 Å². The van der Waals surface area contributed by atoms with Gasteiger partial charge in [0.25, 0.3) is 0 Å². The van der Waals surface area contributed by atoms with Gasteiger partial charge in [-0.05, 0) is 27.6 Å². The Balaban J connectivity index is 2.12. The third-order valence-electron chi connectivity index (χ3n) is 2.37. The smallest absolute Gasteiger partial charge is 0.357 e. The molecule has 0 fully saturated rings. The second-order valence-corrected chi connectivity index (χ2v) is 5.30. The molecule has 0 N–H and O–H groups in total. The minimum absolute atomic E-state index is 0.0516. The fourth-order valence-electron chi connectivity index (χ4n) is 1.50. The van der Waals surface area contributed by atoms with Gasteiger partial charge in [0.2, 0.25) is 0 Å². The molecular weight excluding hydrogens is 334 g/mol. The molecule has 0 aliphatic heterocycles. The Hall–Kier alpha value is -1.44. The van der Waals surface area contributed by atoms with E-state index in [2.05, 4.69) is 15.9 Å². The van der Waals surface area contributed by atoms with Crippen molar-refractivity contribution in [1.29, 1.82) is 0 Å². The first-order valence-electron chi connectivity index (χ1n) is 5.27. The predicted molar refractivity (Wildman–Crippen MR) is 72.0 cm³/mol. The lowest BCUT2D eigenvalue weighted by molar-refractivity contribution is 0.0463. The zero-order valence-electron chi connectivity index (χ0n) is 9.61. The van der Waals surface area contributed by atoms with Gasteiger partial charge in [0.15, 0.2) is 5.69 Å². The van der Waals surface area contributed by atoms with Crippen LogP contribution in [0.5, 0.6) is 0 Å². The van der Waals surface area contributed by atoms with Crippen LogP contribution in [-0.4, -0.2) is 18.7 Å². The summed E-state index contributed by atoms with van der Waals surface area (Å²) in [5, 5.41) is 0. The minimum Gasteiger partial charge on any atom is -0.755 e. The summed E-state index contributed by atoms with van der Waals surface area (Å²) >= 11 is 0.565. The number of carbonyl (C=O) groups is 1. The van der Waals surface area contributed by atoms with Crippen LogP contribution in [0, 0.1) is 0 Å². The Labute approximate surface area is 120 Å². The summed E-state index contributed by atoms with van der Waals surface area (Å²) in [5.74, 6) is -0.704. The lowest BCUT2D eigenvalue weighted by Crippen LogP contribution is -2.14. The first kappa shape index (κ1) is 14.0. The number of aromatic nitrogens is 1. The fraction of sp³-hybridized carbons (Fsp3) is 0.0833. The summed E-state index contributed by atoms with van der Waals surface area (Å²) in [6.07, 6.45) is 1.27. The normalized spacial score (nSPS) is 12.1. The molecule has 5 nitrogen and oxygen atoms in total. The number of esters is 1. The van der Waals surface area contributed by atoms with Crippen LogP contribution in [0.1, 0.15) is 16.1 Å². The highest BCUT2D eigenvalue weighted by Crippen LogP contribution is 2.20. The molecule has 0 spiro atoms. The molecule has 0 saturated carbocycles. The highest BCUT2D eigenvalue weighted by atomic mass is 79.9. The highest BCUT2D eigenvalue weighted by Gasteiger charge is 2.17. The molecule has 0 bridgehead atoms. The van der Waals surface area contributed by atoms with E-state index >= 15 is 0 Å². The first-order valence-corrected chi connectivity index (χ1v) is 7.09. The van der Waals surface area contributed by atoms with Gasteiger partial charge in [-0.3, -0.25) is 8.18 Å². The van der Waals surface area contributed by atoms with Crippen molar-refractivity contribution in [2.45, 2.75) is 6.61 Å². The molecule has 100 valence electrons. The standard InChI is InChI=1S/C12H10BrNO4S/c13-10-6-7-14(19(16)17)11(10)12(15)18-8-9-4-2-1-3-5-9/h1-7H,8H2,(H,16,17)/p-1. The molecule has 1 aromatic heterocycles. The number of benzene rings is 1. The van der Waals surface area contributed by atoms with Crippen LogP contribution in [0.25, 0.3) is 0 Å². The molecule has 1 aromatic carbocycles. The molecule has 0 aliphatic carbocycles. The molecule has 2 rings (SSSR count). The van der Waals surface area contributed by atoms with Crippen molar-refractivity contribution >= 4 is 33.2 Å². The minimum atomic E-state index is -2.55. The third kappa shape index (κ3) is 3.31. The molecular formula is C12H9BrNO4S-. The molecule has 1 atom stereocenters. The van der Waals surface area contributed by atoms with Crippen LogP contribution >= 0.6 is 15.9 Å². The van der Waals surface area contributed by atoms with Crippen molar-refractivity contribution in [3.63, 3.8) is 0 Å². The quantitative estimate of drug-likeness (QED) is 0.631. The topological polar surface area (TPSA) is 71.4 Å². The number of ether oxygens (including phenoxy) is 1. The van der Waals surface area contributed by atoms with Gasteiger partial charge in [-0.15, -0.1) is 0 Å². The Morgan fingerprint density at radius 3 is 2.63 bits per heavy atom. The van der Waals surface area contributed by atoms with Crippen LogP contribution in [0.4, 0.5) is 0 Å². The van der Waals surface area contributed by atoms with E-state index in [9.17, 15) is 13.6 Å². The van der Waals surface area contributed by atoms with Crippen molar-refractivity contribution in [3.8, 4) is 0 Å². The summed E-state index contributed by atoms with van der Waals surface area (Å²) in [6.45, 7) is 0.0861. The van der Waals surface area contributed by atoms with Crippen LogP contribution < -0.4 is 0 Å². The molecule has 0 saturated heterocycles. The molecule has 1 unspecified atom stereocenters. The van der Waals surface area contributed by atoms with E-state index in [-0.39, 0.29) is 12.3 Å².